The van der Waals surface area contributed by atoms with Crippen molar-refractivity contribution in [1.29, 1.82) is 5.26 Å². The van der Waals surface area contributed by atoms with Gasteiger partial charge in [-0.2, -0.15) is 5.26 Å². The van der Waals surface area contributed by atoms with Crippen LogP contribution in [0.5, 0.6) is 5.75 Å². The number of hydrogen-bond donors (Lipinski definition) is 0. The number of nitrogens with zero attached hydrogens (tertiary/aromatic N) is 2. The van der Waals surface area contributed by atoms with E-state index in [1.54, 1.807) is 19.2 Å². The first-order valence-corrected chi connectivity index (χ1v) is 5.21. The Hall–Kier alpha value is -2.06. The molecule has 0 saturated carbocycles. The Kier molecular flexibility index (Phi) is 3.26. The number of para-hydroxylation sites is 2. The molecular formula is C12H12N2O3. The molecule has 1 fully saturated rings. The monoisotopic (exact) mass is 232 g/mol. The number of carbonyl (C=O) groups excluding carboxylic acids is 1. The molecule has 0 radical (unpaired) electrons. The Morgan fingerprint density at radius 3 is 3.00 bits per heavy atom. The van der Waals surface area contributed by atoms with E-state index in [9.17, 15) is 4.79 Å². The molecule has 2 rings (SSSR count). The first kappa shape index (κ1) is 11.4. The number of methoxy groups -OCH3 is 1. The van der Waals surface area contributed by atoms with Gasteiger partial charge in [-0.15, -0.1) is 0 Å². The van der Waals surface area contributed by atoms with Gasteiger partial charge in [0.25, 0.3) is 5.91 Å². The Bertz CT molecular complexity index is 467. The summed E-state index contributed by atoms with van der Waals surface area (Å²) >= 11 is 0. The van der Waals surface area contributed by atoms with Crippen molar-refractivity contribution in [2.24, 2.45) is 0 Å². The predicted molar refractivity (Wildman–Crippen MR) is 60.7 cm³/mol. The molecule has 1 heterocycles. The lowest BCUT2D eigenvalue weighted by atomic mass is 10.2. The number of ether oxygens (including phenoxy) is 2. The van der Waals surface area contributed by atoms with E-state index < -0.39 is 6.10 Å². The van der Waals surface area contributed by atoms with E-state index in [4.69, 9.17) is 14.7 Å². The van der Waals surface area contributed by atoms with E-state index in [0.29, 0.717) is 11.4 Å². The van der Waals surface area contributed by atoms with Crippen molar-refractivity contribution < 1.29 is 14.3 Å². The Morgan fingerprint density at radius 2 is 2.29 bits per heavy atom. The lowest BCUT2D eigenvalue weighted by Crippen LogP contribution is -2.46. The molecular weight excluding hydrogens is 220 g/mol. The molecule has 0 N–H and O–H groups in total. The fourth-order valence-corrected chi connectivity index (χ4v) is 1.73. The third kappa shape index (κ3) is 2.22. The summed E-state index contributed by atoms with van der Waals surface area (Å²) in [6.45, 7) is 0.159. The molecule has 1 aliphatic heterocycles. The minimum absolute atomic E-state index is 0.0731. The van der Waals surface area contributed by atoms with Crippen LogP contribution in [0.2, 0.25) is 0 Å². The Morgan fingerprint density at radius 1 is 1.53 bits per heavy atom. The first-order chi connectivity index (χ1) is 8.26. The molecule has 0 aromatic heterocycles. The zero-order valence-corrected chi connectivity index (χ0v) is 9.42. The second-order valence-corrected chi connectivity index (χ2v) is 3.60. The number of amides is 1. The van der Waals surface area contributed by atoms with E-state index in [2.05, 4.69) is 0 Å². The molecule has 1 atom stereocenters. The fourth-order valence-electron chi connectivity index (χ4n) is 1.73. The van der Waals surface area contributed by atoms with Gasteiger partial charge in [0.15, 0.2) is 6.10 Å². The molecule has 0 aliphatic carbocycles. The van der Waals surface area contributed by atoms with Crippen molar-refractivity contribution in [2.75, 3.05) is 25.2 Å². The van der Waals surface area contributed by atoms with Crippen molar-refractivity contribution in [2.45, 2.75) is 6.10 Å². The van der Waals surface area contributed by atoms with E-state index in [-0.39, 0.29) is 19.1 Å². The van der Waals surface area contributed by atoms with Gasteiger partial charge in [0.1, 0.15) is 12.4 Å². The van der Waals surface area contributed by atoms with Crippen LogP contribution in [0.25, 0.3) is 0 Å². The van der Waals surface area contributed by atoms with Crippen LogP contribution in [-0.4, -0.2) is 32.3 Å². The second kappa shape index (κ2) is 4.85. The number of anilines is 1. The van der Waals surface area contributed by atoms with Gasteiger partial charge in [0, 0.05) is 0 Å². The summed E-state index contributed by atoms with van der Waals surface area (Å²) in [6.07, 6.45) is -0.586. The first-order valence-electron chi connectivity index (χ1n) is 5.21. The highest BCUT2D eigenvalue weighted by molar-refractivity contribution is 5.96. The largest absolute Gasteiger partial charge is 0.495 e. The Balaban J connectivity index is 2.31. The third-order valence-electron chi connectivity index (χ3n) is 2.58. The van der Waals surface area contributed by atoms with Gasteiger partial charge in [0.2, 0.25) is 0 Å². The molecule has 5 nitrogen and oxygen atoms in total. The third-order valence-corrected chi connectivity index (χ3v) is 2.58. The summed E-state index contributed by atoms with van der Waals surface area (Å²) in [5.41, 5.74) is 0.670. The quantitative estimate of drug-likeness (QED) is 0.761. The van der Waals surface area contributed by atoms with Crippen LogP contribution in [-0.2, 0) is 9.53 Å². The number of hydrogen-bond acceptors (Lipinski definition) is 4. The van der Waals surface area contributed by atoms with Crippen LogP contribution in [0, 0.1) is 11.3 Å². The van der Waals surface area contributed by atoms with E-state index in [1.807, 2.05) is 18.2 Å². The lowest BCUT2D eigenvalue weighted by Gasteiger charge is -2.30. The molecule has 17 heavy (non-hydrogen) atoms. The molecule has 0 bridgehead atoms. The number of carbonyl (C=O) groups is 1. The van der Waals surface area contributed by atoms with E-state index in [0.717, 1.165) is 0 Å². The maximum atomic E-state index is 11.8. The van der Waals surface area contributed by atoms with Gasteiger partial charge < -0.3 is 14.4 Å². The van der Waals surface area contributed by atoms with Crippen LogP contribution < -0.4 is 9.64 Å². The normalized spacial score (nSPS) is 19.9. The summed E-state index contributed by atoms with van der Waals surface area (Å²) in [7, 11) is 1.55. The molecule has 88 valence electrons. The number of rotatable bonds is 2. The average molecular weight is 232 g/mol. The SMILES string of the molecule is COc1ccccc1N1CC(C#N)OCC1=O. The minimum Gasteiger partial charge on any atom is -0.495 e. The number of benzene rings is 1. The number of morpholine rings is 1. The Labute approximate surface area is 99.2 Å². The average Bonchev–Trinajstić information content (AvgIpc) is 2.39. The zero-order chi connectivity index (χ0) is 12.3. The van der Waals surface area contributed by atoms with E-state index >= 15 is 0 Å². The highest BCUT2D eigenvalue weighted by Gasteiger charge is 2.28. The maximum Gasteiger partial charge on any atom is 0.253 e. The van der Waals surface area contributed by atoms with Crippen molar-refractivity contribution >= 4 is 11.6 Å². The van der Waals surface area contributed by atoms with Gasteiger partial charge in [-0.25, -0.2) is 0 Å². The van der Waals surface area contributed by atoms with Gasteiger partial charge in [0.05, 0.1) is 25.4 Å². The summed E-state index contributed by atoms with van der Waals surface area (Å²) in [5, 5.41) is 8.82. The molecule has 1 unspecified atom stereocenters. The molecule has 5 heteroatoms. The van der Waals surface area contributed by atoms with Crippen LogP contribution in [0.15, 0.2) is 24.3 Å². The van der Waals surface area contributed by atoms with Crippen molar-refractivity contribution in [3.05, 3.63) is 24.3 Å². The summed E-state index contributed by atoms with van der Waals surface area (Å²) in [6, 6.07) is 9.22. The lowest BCUT2D eigenvalue weighted by molar-refractivity contribution is -0.127. The molecule has 1 aromatic carbocycles. The zero-order valence-electron chi connectivity index (χ0n) is 9.42. The van der Waals surface area contributed by atoms with E-state index in [1.165, 1.54) is 4.90 Å². The second-order valence-electron chi connectivity index (χ2n) is 3.60. The van der Waals surface area contributed by atoms with Crippen LogP contribution in [0.3, 0.4) is 0 Å². The predicted octanol–water partition coefficient (Wildman–Crippen LogP) is 0.951. The van der Waals surface area contributed by atoms with Gasteiger partial charge in [-0.05, 0) is 12.1 Å². The molecule has 1 aromatic rings. The smallest absolute Gasteiger partial charge is 0.253 e. The highest BCUT2D eigenvalue weighted by Crippen LogP contribution is 2.29. The van der Waals surface area contributed by atoms with Crippen molar-refractivity contribution in [3.8, 4) is 11.8 Å². The van der Waals surface area contributed by atoms with Crippen molar-refractivity contribution in [3.63, 3.8) is 0 Å². The van der Waals surface area contributed by atoms with Crippen LogP contribution in [0.4, 0.5) is 5.69 Å². The molecule has 1 amide bonds. The highest BCUT2D eigenvalue weighted by atomic mass is 16.5. The molecule has 0 spiro atoms. The van der Waals surface area contributed by atoms with Gasteiger partial charge in [-0.1, -0.05) is 12.1 Å². The topological polar surface area (TPSA) is 62.6 Å². The van der Waals surface area contributed by atoms with Crippen LogP contribution in [0.1, 0.15) is 0 Å². The molecule has 1 aliphatic rings. The summed E-state index contributed by atoms with van der Waals surface area (Å²) in [4.78, 5) is 13.3. The maximum absolute atomic E-state index is 11.8. The van der Waals surface area contributed by atoms with Crippen molar-refractivity contribution in [1.82, 2.24) is 0 Å². The summed E-state index contributed by atoms with van der Waals surface area (Å²) < 4.78 is 10.3. The van der Waals surface area contributed by atoms with Crippen LogP contribution >= 0.6 is 0 Å². The fraction of sp³-hybridized carbons (Fsp3) is 0.333. The minimum atomic E-state index is -0.586. The van der Waals surface area contributed by atoms with Gasteiger partial charge in [-0.3, -0.25) is 4.79 Å². The summed E-state index contributed by atoms with van der Waals surface area (Å²) in [5.74, 6) is 0.445. The van der Waals surface area contributed by atoms with Gasteiger partial charge >= 0.3 is 0 Å². The number of nitriles is 1. The molecule has 1 saturated heterocycles. The standard InChI is InChI=1S/C12H12N2O3/c1-16-11-5-3-2-4-10(11)14-7-9(6-13)17-8-12(14)15/h2-5,9H,7-8H2,1H3.